The zero-order chi connectivity index (χ0) is 17.5. The Morgan fingerprint density at radius 3 is 2.08 bits per heavy atom. The van der Waals surface area contributed by atoms with Crippen LogP contribution in [0.4, 0.5) is 0 Å². The molecule has 0 unspecified atom stereocenters. The second-order valence-corrected chi connectivity index (χ2v) is 6.81. The number of benzene rings is 2. The van der Waals surface area contributed by atoms with Gasteiger partial charge in [0.15, 0.2) is 0 Å². The molecule has 1 fully saturated rings. The van der Waals surface area contributed by atoms with E-state index in [0.29, 0.717) is 6.54 Å². The summed E-state index contributed by atoms with van der Waals surface area (Å²) in [6.07, 6.45) is 2.07. The molecule has 2 aromatic carbocycles. The maximum absolute atomic E-state index is 9.43. The molecule has 0 amide bonds. The third-order valence-corrected chi connectivity index (χ3v) is 4.92. The van der Waals surface area contributed by atoms with Gasteiger partial charge in [0.05, 0.1) is 0 Å². The molecule has 25 heavy (non-hydrogen) atoms. The van der Waals surface area contributed by atoms with Crippen LogP contribution in [0.15, 0.2) is 59.8 Å². The maximum Gasteiger partial charge on any atom is 0.101 e. The molecular formula is C21H27N3O. The molecule has 0 radical (unpaired) electrons. The molecule has 1 aliphatic rings. The van der Waals surface area contributed by atoms with Gasteiger partial charge in [-0.05, 0) is 31.0 Å². The van der Waals surface area contributed by atoms with Crippen molar-refractivity contribution in [2.75, 3.05) is 39.8 Å². The Kier molecular flexibility index (Phi) is 6.20. The van der Waals surface area contributed by atoms with Crippen molar-refractivity contribution in [2.45, 2.75) is 12.8 Å². The lowest BCUT2D eigenvalue weighted by Crippen LogP contribution is -2.46. The average molecular weight is 337 g/mol. The first-order valence-electron chi connectivity index (χ1n) is 8.99. The van der Waals surface area contributed by atoms with E-state index < -0.39 is 0 Å². The zero-order valence-corrected chi connectivity index (χ0v) is 14.9. The SMILES string of the molecule is CN1CCN(CC(=NO)c2ccc(CCc3ccccc3)cc2)CC1. The van der Waals surface area contributed by atoms with Gasteiger partial charge >= 0.3 is 0 Å². The first-order valence-corrected chi connectivity index (χ1v) is 8.99. The Labute approximate surface area is 150 Å². The largest absolute Gasteiger partial charge is 0.411 e. The van der Waals surface area contributed by atoms with Crippen LogP contribution in [0, 0.1) is 0 Å². The zero-order valence-electron chi connectivity index (χ0n) is 14.9. The molecule has 2 aromatic rings. The summed E-state index contributed by atoms with van der Waals surface area (Å²) >= 11 is 0. The van der Waals surface area contributed by atoms with E-state index in [1.807, 2.05) is 0 Å². The molecule has 1 heterocycles. The van der Waals surface area contributed by atoms with E-state index >= 15 is 0 Å². The molecule has 1 N–H and O–H groups in total. The normalized spacial score (nSPS) is 16.9. The van der Waals surface area contributed by atoms with Crippen molar-refractivity contribution in [1.29, 1.82) is 0 Å². The van der Waals surface area contributed by atoms with Gasteiger partial charge in [-0.3, -0.25) is 4.90 Å². The Balaban J connectivity index is 1.56. The molecule has 1 aliphatic heterocycles. The van der Waals surface area contributed by atoms with Crippen molar-refractivity contribution in [1.82, 2.24) is 9.80 Å². The number of nitrogens with zero attached hydrogens (tertiary/aromatic N) is 3. The average Bonchev–Trinajstić information content (AvgIpc) is 2.67. The second kappa shape index (κ2) is 8.79. The lowest BCUT2D eigenvalue weighted by molar-refractivity contribution is 0.169. The van der Waals surface area contributed by atoms with Crippen molar-refractivity contribution in [3.05, 3.63) is 71.3 Å². The molecule has 0 saturated carbocycles. The van der Waals surface area contributed by atoms with Crippen molar-refractivity contribution >= 4 is 5.71 Å². The number of oxime groups is 1. The number of likely N-dealkylation sites (N-methyl/N-ethyl adjacent to an activating group) is 1. The fourth-order valence-electron chi connectivity index (χ4n) is 3.20. The number of rotatable bonds is 6. The third-order valence-electron chi connectivity index (χ3n) is 4.92. The predicted molar refractivity (Wildman–Crippen MR) is 103 cm³/mol. The first kappa shape index (κ1) is 17.6. The smallest absolute Gasteiger partial charge is 0.101 e. The predicted octanol–water partition coefficient (Wildman–Crippen LogP) is 2.90. The summed E-state index contributed by atoms with van der Waals surface area (Å²) in [4.78, 5) is 4.67. The van der Waals surface area contributed by atoms with Gasteiger partial charge < -0.3 is 10.1 Å². The Bertz CT molecular complexity index is 674. The van der Waals surface area contributed by atoms with Crippen LogP contribution in [0.1, 0.15) is 16.7 Å². The summed E-state index contributed by atoms with van der Waals surface area (Å²) in [7, 11) is 2.15. The molecule has 0 spiro atoms. The van der Waals surface area contributed by atoms with E-state index in [1.165, 1.54) is 11.1 Å². The lowest BCUT2D eigenvalue weighted by atomic mass is 10.0. The quantitative estimate of drug-likeness (QED) is 0.500. The van der Waals surface area contributed by atoms with Crippen LogP contribution in [0.5, 0.6) is 0 Å². The van der Waals surface area contributed by atoms with Gasteiger partial charge in [0.2, 0.25) is 0 Å². The van der Waals surface area contributed by atoms with Crippen molar-refractivity contribution in [2.24, 2.45) is 5.16 Å². The standard InChI is InChI=1S/C21H27N3O/c1-23-13-15-24(16-14-23)17-21(22-25)20-11-9-19(10-12-20)8-7-18-5-3-2-4-6-18/h2-6,9-12,25H,7-8,13-17H2,1H3. The molecule has 0 atom stereocenters. The number of hydrogen-bond acceptors (Lipinski definition) is 4. The van der Waals surface area contributed by atoms with E-state index in [-0.39, 0.29) is 0 Å². The van der Waals surface area contributed by atoms with Gasteiger partial charge in [0.1, 0.15) is 5.71 Å². The Hall–Kier alpha value is -2.17. The summed E-state index contributed by atoms with van der Waals surface area (Å²) in [5, 5.41) is 13.0. The molecule has 3 rings (SSSR count). The summed E-state index contributed by atoms with van der Waals surface area (Å²) in [5.41, 5.74) is 4.42. The number of hydrogen-bond donors (Lipinski definition) is 1. The first-order chi connectivity index (χ1) is 12.2. The summed E-state index contributed by atoms with van der Waals surface area (Å²) in [5.74, 6) is 0. The molecule has 0 aliphatic carbocycles. The van der Waals surface area contributed by atoms with Crippen molar-refractivity contribution in [3.8, 4) is 0 Å². The van der Waals surface area contributed by atoms with E-state index in [2.05, 4.69) is 76.6 Å². The molecule has 1 saturated heterocycles. The maximum atomic E-state index is 9.43. The summed E-state index contributed by atoms with van der Waals surface area (Å²) < 4.78 is 0. The highest BCUT2D eigenvalue weighted by Crippen LogP contribution is 2.11. The van der Waals surface area contributed by atoms with Gasteiger partial charge in [-0.1, -0.05) is 59.8 Å². The van der Waals surface area contributed by atoms with Crippen LogP contribution in [0.3, 0.4) is 0 Å². The van der Waals surface area contributed by atoms with Crippen LogP contribution < -0.4 is 0 Å². The van der Waals surface area contributed by atoms with Crippen LogP contribution >= 0.6 is 0 Å². The van der Waals surface area contributed by atoms with Gasteiger partial charge in [0.25, 0.3) is 0 Å². The topological polar surface area (TPSA) is 39.1 Å². The second-order valence-electron chi connectivity index (χ2n) is 6.81. The summed E-state index contributed by atoms with van der Waals surface area (Å²) in [6.45, 7) is 4.87. The van der Waals surface area contributed by atoms with E-state index in [0.717, 1.165) is 50.3 Å². The minimum Gasteiger partial charge on any atom is -0.411 e. The molecule has 0 aromatic heterocycles. The Morgan fingerprint density at radius 1 is 0.880 bits per heavy atom. The van der Waals surface area contributed by atoms with E-state index in [9.17, 15) is 5.21 Å². The van der Waals surface area contributed by atoms with E-state index in [1.54, 1.807) is 0 Å². The molecule has 0 bridgehead atoms. The van der Waals surface area contributed by atoms with Gasteiger partial charge in [-0.15, -0.1) is 0 Å². The fraction of sp³-hybridized carbons (Fsp3) is 0.381. The monoisotopic (exact) mass is 337 g/mol. The highest BCUT2D eigenvalue weighted by atomic mass is 16.4. The van der Waals surface area contributed by atoms with Crippen LogP contribution in [-0.4, -0.2) is 60.5 Å². The van der Waals surface area contributed by atoms with Crippen LogP contribution in [0.2, 0.25) is 0 Å². The minimum absolute atomic E-state index is 0.702. The minimum atomic E-state index is 0.702. The highest BCUT2D eigenvalue weighted by Gasteiger charge is 2.16. The molecule has 4 heteroatoms. The van der Waals surface area contributed by atoms with Crippen molar-refractivity contribution in [3.63, 3.8) is 0 Å². The van der Waals surface area contributed by atoms with Gasteiger partial charge in [-0.25, -0.2) is 0 Å². The van der Waals surface area contributed by atoms with Crippen LogP contribution in [0.25, 0.3) is 0 Å². The summed E-state index contributed by atoms with van der Waals surface area (Å²) in [6, 6.07) is 19.0. The van der Waals surface area contributed by atoms with Crippen LogP contribution in [-0.2, 0) is 12.8 Å². The van der Waals surface area contributed by atoms with Gasteiger partial charge in [-0.2, -0.15) is 0 Å². The lowest BCUT2D eigenvalue weighted by Gasteiger charge is -2.32. The Morgan fingerprint density at radius 2 is 1.48 bits per heavy atom. The van der Waals surface area contributed by atoms with E-state index in [4.69, 9.17) is 0 Å². The third kappa shape index (κ3) is 5.15. The molecular weight excluding hydrogens is 310 g/mol. The molecule has 132 valence electrons. The van der Waals surface area contributed by atoms with Gasteiger partial charge in [0, 0.05) is 38.3 Å². The number of aryl methyl sites for hydroxylation is 2. The number of piperazine rings is 1. The highest BCUT2D eigenvalue weighted by molar-refractivity contribution is 6.01. The van der Waals surface area contributed by atoms with Crippen molar-refractivity contribution < 1.29 is 5.21 Å². The molecule has 4 nitrogen and oxygen atoms in total. The fourth-order valence-corrected chi connectivity index (χ4v) is 3.20.